The maximum absolute atomic E-state index is 12.0. The van der Waals surface area contributed by atoms with Crippen LogP contribution in [0, 0.1) is 0 Å². The number of thiophene rings is 1. The third-order valence-electron chi connectivity index (χ3n) is 3.90. The zero-order chi connectivity index (χ0) is 14.8. The van der Waals surface area contributed by atoms with Gasteiger partial charge in [0.15, 0.2) is 0 Å². The molecule has 3 rings (SSSR count). The van der Waals surface area contributed by atoms with Gasteiger partial charge < -0.3 is 4.90 Å². The molecular formula is C17H16ClNOS. The maximum atomic E-state index is 12.0. The van der Waals surface area contributed by atoms with Crippen LogP contribution >= 0.6 is 22.9 Å². The molecule has 1 aliphatic heterocycles. The molecule has 0 spiro atoms. The lowest BCUT2D eigenvalue weighted by Crippen LogP contribution is -2.28. The second-order valence-electron chi connectivity index (χ2n) is 5.14. The van der Waals surface area contributed by atoms with Gasteiger partial charge in [-0.2, -0.15) is 0 Å². The van der Waals surface area contributed by atoms with Crippen molar-refractivity contribution in [3.05, 3.63) is 69.4 Å². The Morgan fingerprint density at radius 1 is 1.38 bits per heavy atom. The molecule has 0 bridgehead atoms. The van der Waals surface area contributed by atoms with E-state index in [0.29, 0.717) is 12.5 Å². The van der Waals surface area contributed by atoms with E-state index in [1.807, 2.05) is 11.0 Å². The highest BCUT2D eigenvalue weighted by Crippen LogP contribution is 2.40. The third kappa shape index (κ3) is 2.89. The van der Waals surface area contributed by atoms with Gasteiger partial charge in [0.05, 0.1) is 10.9 Å². The fourth-order valence-electron chi connectivity index (χ4n) is 2.87. The molecule has 21 heavy (non-hydrogen) atoms. The van der Waals surface area contributed by atoms with Gasteiger partial charge in [-0.1, -0.05) is 48.5 Å². The Morgan fingerprint density at radius 2 is 2.14 bits per heavy atom. The largest absolute Gasteiger partial charge is 0.334 e. The zero-order valence-electron chi connectivity index (χ0n) is 11.6. The molecule has 108 valence electrons. The second-order valence-corrected chi connectivity index (χ2v) is 6.91. The molecule has 0 radical (unpaired) electrons. The highest BCUT2D eigenvalue weighted by molar-refractivity contribution is 7.16. The number of rotatable bonds is 2. The summed E-state index contributed by atoms with van der Waals surface area (Å²) in [6.45, 7) is 4.96. The molecule has 0 N–H and O–H groups in total. The summed E-state index contributed by atoms with van der Waals surface area (Å²) >= 11 is 7.78. The molecule has 0 fully saturated rings. The van der Waals surface area contributed by atoms with Gasteiger partial charge in [0.1, 0.15) is 0 Å². The fourth-order valence-corrected chi connectivity index (χ4v) is 4.23. The normalized spacial score (nSPS) is 18.0. The van der Waals surface area contributed by atoms with Crippen LogP contribution in [0.3, 0.4) is 0 Å². The van der Waals surface area contributed by atoms with Crippen LogP contribution < -0.4 is 0 Å². The molecule has 2 heterocycles. The van der Waals surface area contributed by atoms with Gasteiger partial charge in [0, 0.05) is 17.3 Å². The summed E-state index contributed by atoms with van der Waals surface area (Å²) in [4.78, 5) is 15.0. The van der Waals surface area contributed by atoms with Crippen LogP contribution in [-0.4, -0.2) is 17.4 Å². The fraction of sp³-hybridized carbons (Fsp3) is 0.235. The van der Waals surface area contributed by atoms with E-state index < -0.39 is 0 Å². The lowest BCUT2D eigenvalue weighted by atomic mass is 9.89. The van der Waals surface area contributed by atoms with Crippen molar-refractivity contribution in [2.45, 2.75) is 18.9 Å². The number of benzene rings is 1. The highest BCUT2D eigenvalue weighted by atomic mass is 35.5. The molecule has 1 amide bonds. The number of hydrogen-bond acceptors (Lipinski definition) is 2. The number of fused-ring (bicyclic) bond motifs is 1. The first-order valence-corrected chi connectivity index (χ1v) is 8.13. The van der Waals surface area contributed by atoms with E-state index in [2.05, 4.69) is 36.9 Å². The van der Waals surface area contributed by atoms with Crippen molar-refractivity contribution >= 4 is 28.8 Å². The highest BCUT2D eigenvalue weighted by Gasteiger charge is 2.27. The number of hydrogen-bond donors (Lipinski definition) is 0. The molecule has 1 atom stereocenters. The second kappa shape index (κ2) is 6.04. The smallest absolute Gasteiger partial charge is 0.246 e. The average molecular weight is 318 g/mol. The van der Waals surface area contributed by atoms with Crippen molar-refractivity contribution in [1.82, 2.24) is 4.90 Å². The summed E-state index contributed by atoms with van der Waals surface area (Å²) < 4.78 is 0.786. The Hall–Kier alpha value is -1.58. The Balaban J connectivity index is 2.00. The number of carbonyl (C=O) groups excluding carboxylic acids is 1. The van der Waals surface area contributed by atoms with Crippen molar-refractivity contribution in [3.8, 4) is 0 Å². The standard InChI is InChI=1S/C17H16ClNOS/c1-2-17(20)19-9-8-13(12-6-4-3-5-7-12)14-10-16(18)21-15(14)11-19/h2-7,10,13H,1,8-9,11H2/t13-/m0/s1. The van der Waals surface area contributed by atoms with Gasteiger partial charge in [0.2, 0.25) is 5.91 Å². The van der Waals surface area contributed by atoms with Crippen LogP contribution in [0.1, 0.15) is 28.3 Å². The molecule has 0 aliphatic carbocycles. The first-order chi connectivity index (χ1) is 10.2. The van der Waals surface area contributed by atoms with Crippen LogP contribution in [0.5, 0.6) is 0 Å². The molecule has 1 aromatic carbocycles. The predicted molar refractivity (Wildman–Crippen MR) is 87.8 cm³/mol. The Kier molecular flexibility index (Phi) is 4.13. The van der Waals surface area contributed by atoms with Gasteiger partial charge >= 0.3 is 0 Å². The van der Waals surface area contributed by atoms with Crippen LogP contribution in [0.25, 0.3) is 0 Å². The van der Waals surface area contributed by atoms with Gasteiger partial charge in [0.25, 0.3) is 0 Å². The maximum Gasteiger partial charge on any atom is 0.246 e. The SMILES string of the molecule is C=CC(=O)N1CC[C@@H](c2ccccc2)c2cc(Cl)sc2C1. The van der Waals surface area contributed by atoms with Crippen molar-refractivity contribution < 1.29 is 4.79 Å². The molecule has 1 aliphatic rings. The molecule has 4 heteroatoms. The van der Waals surface area contributed by atoms with Gasteiger partial charge in [-0.3, -0.25) is 4.79 Å². The van der Waals surface area contributed by atoms with E-state index in [1.165, 1.54) is 22.1 Å². The quantitative estimate of drug-likeness (QED) is 0.749. The van der Waals surface area contributed by atoms with Gasteiger partial charge in [-0.15, -0.1) is 11.3 Å². The minimum Gasteiger partial charge on any atom is -0.334 e. The van der Waals surface area contributed by atoms with Crippen LogP contribution in [0.4, 0.5) is 0 Å². The first kappa shape index (κ1) is 14.4. The topological polar surface area (TPSA) is 20.3 Å². The van der Waals surface area contributed by atoms with E-state index in [9.17, 15) is 4.79 Å². The Labute approximate surface area is 133 Å². The lowest BCUT2D eigenvalue weighted by Gasteiger charge is -2.19. The minimum absolute atomic E-state index is 0.0146. The lowest BCUT2D eigenvalue weighted by molar-refractivity contribution is -0.126. The predicted octanol–water partition coefficient (Wildman–Crippen LogP) is 4.45. The first-order valence-electron chi connectivity index (χ1n) is 6.93. The molecule has 2 aromatic rings. The molecule has 0 saturated carbocycles. The summed E-state index contributed by atoms with van der Waals surface area (Å²) in [6.07, 6.45) is 2.29. The Morgan fingerprint density at radius 3 is 2.86 bits per heavy atom. The molecular weight excluding hydrogens is 302 g/mol. The van der Waals surface area contributed by atoms with Gasteiger partial charge in [-0.05, 0) is 29.7 Å². The number of halogens is 1. The van der Waals surface area contributed by atoms with E-state index in [-0.39, 0.29) is 5.91 Å². The van der Waals surface area contributed by atoms with Crippen molar-refractivity contribution in [2.24, 2.45) is 0 Å². The average Bonchev–Trinajstić information content (AvgIpc) is 2.77. The zero-order valence-corrected chi connectivity index (χ0v) is 13.2. The van der Waals surface area contributed by atoms with Crippen LogP contribution in [-0.2, 0) is 11.3 Å². The number of amides is 1. The summed E-state index contributed by atoms with van der Waals surface area (Å²) in [5.74, 6) is 0.284. The number of carbonyl (C=O) groups is 1. The van der Waals surface area contributed by atoms with E-state index >= 15 is 0 Å². The summed E-state index contributed by atoms with van der Waals surface area (Å²) in [6, 6.07) is 12.5. The monoisotopic (exact) mass is 317 g/mol. The van der Waals surface area contributed by atoms with Crippen molar-refractivity contribution in [3.63, 3.8) is 0 Å². The molecule has 2 nitrogen and oxygen atoms in total. The van der Waals surface area contributed by atoms with Crippen LogP contribution in [0.2, 0.25) is 4.34 Å². The van der Waals surface area contributed by atoms with Crippen LogP contribution in [0.15, 0.2) is 49.1 Å². The van der Waals surface area contributed by atoms with Gasteiger partial charge in [-0.25, -0.2) is 0 Å². The van der Waals surface area contributed by atoms with Crippen molar-refractivity contribution in [2.75, 3.05) is 6.54 Å². The summed E-state index contributed by atoms with van der Waals surface area (Å²) in [7, 11) is 0. The summed E-state index contributed by atoms with van der Waals surface area (Å²) in [5, 5.41) is 0. The van der Waals surface area contributed by atoms with E-state index in [0.717, 1.165) is 17.3 Å². The van der Waals surface area contributed by atoms with E-state index in [1.54, 1.807) is 11.3 Å². The Bertz CT molecular complexity index is 665. The summed E-state index contributed by atoms with van der Waals surface area (Å²) in [5.41, 5.74) is 2.54. The number of nitrogens with zero attached hydrogens (tertiary/aromatic N) is 1. The third-order valence-corrected chi connectivity index (χ3v) is 5.16. The molecule has 0 saturated heterocycles. The van der Waals surface area contributed by atoms with E-state index in [4.69, 9.17) is 11.6 Å². The molecule has 0 unspecified atom stereocenters. The molecule has 1 aromatic heterocycles. The minimum atomic E-state index is -0.0146. The van der Waals surface area contributed by atoms with Crippen molar-refractivity contribution in [1.29, 1.82) is 0 Å².